The minimum atomic E-state index is -4.54. The van der Waals surface area contributed by atoms with Gasteiger partial charge in [0.25, 0.3) is 11.8 Å². The summed E-state index contributed by atoms with van der Waals surface area (Å²) in [4.78, 5) is 36.9. The number of phenols is 2. The molecule has 51 heavy (non-hydrogen) atoms. The Kier molecular flexibility index (Phi) is 14.7. The van der Waals surface area contributed by atoms with Gasteiger partial charge in [-0.25, -0.2) is 0 Å². The van der Waals surface area contributed by atoms with Crippen LogP contribution >= 0.6 is 31.9 Å². The van der Waals surface area contributed by atoms with Crippen molar-refractivity contribution in [2.75, 3.05) is 10.6 Å². The lowest BCUT2D eigenvalue weighted by atomic mass is 10.0. The molecule has 0 saturated heterocycles. The van der Waals surface area contributed by atoms with Gasteiger partial charge < -0.3 is 20.8 Å². The van der Waals surface area contributed by atoms with Gasteiger partial charge in [0.2, 0.25) is 0 Å². The summed E-state index contributed by atoms with van der Waals surface area (Å²) < 4.78 is 77.2. The lowest BCUT2D eigenvalue weighted by molar-refractivity contribution is -0.138. The number of ketones is 1. The smallest absolute Gasteiger partial charge is 0.416 e. The van der Waals surface area contributed by atoms with Gasteiger partial charge in [0.1, 0.15) is 11.5 Å². The number of hydrogen-bond acceptors (Lipinski definition) is 5. The summed E-state index contributed by atoms with van der Waals surface area (Å²) in [5.74, 6) is -2.31. The molecule has 0 aliphatic rings. The first-order valence-electron chi connectivity index (χ1n) is 15.4. The number of aromatic hydroxyl groups is 2. The van der Waals surface area contributed by atoms with Crippen LogP contribution in [0.1, 0.15) is 87.6 Å². The Hall–Kier alpha value is -4.37. The van der Waals surface area contributed by atoms with Crippen molar-refractivity contribution >= 4 is 60.8 Å². The van der Waals surface area contributed by atoms with E-state index in [0.717, 1.165) is 56.4 Å². The highest BCUT2D eigenvalue weighted by molar-refractivity contribution is 9.11. The molecule has 0 unspecified atom stereocenters. The molecule has 4 aromatic rings. The van der Waals surface area contributed by atoms with Crippen molar-refractivity contribution in [3.05, 3.63) is 116 Å². The van der Waals surface area contributed by atoms with Crippen molar-refractivity contribution in [1.29, 1.82) is 0 Å². The normalized spacial score (nSPS) is 11.3. The van der Waals surface area contributed by atoms with Crippen LogP contribution in [0.4, 0.5) is 37.7 Å². The van der Waals surface area contributed by atoms with Crippen LogP contribution in [0.5, 0.6) is 11.5 Å². The number of halogens is 8. The lowest BCUT2D eigenvalue weighted by Gasteiger charge is -2.11. The van der Waals surface area contributed by atoms with E-state index in [1.165, 1.54) is 54.6 Å². The Morgan fingerprint density at radius 1 is 0.667 bits per heavy atom. The molecule has 4 rings (SSSR count). The van der Waals surface area contributed by atoms with Gasteiger partial charge in [0.05, 0.1) is 26.7 Å². The van der Waals surface area contributed by atoms with Gasteiger partial charge >= 0.3 is 12.4 Å². The molecule has 15 heteroatoms. The van der Waals surface area contributed by atoms with Crippen LogP contribution in [0.2, 0.25) is 0 Å². The number of hydrogen-bond donors (Lipinski definition) is 4. The van der Waals surface area contributed by atoms with Crippen molar-refractivity contribution < 1.29 is 50.9 Å². The number of alkyl halides is 6. The molecule has 0 aromatic heterocycles. The van der Waals surface area contributed by atoms with Crippen molar-refractivity contribution in [3.8, 4) is 11.5 Å². The molecule has 0 saturated carbocycles. The molecule has 272 valence electrons. The molecule has 4 N–H and O–H groups in total. The van der Waals surface area contributed by atoms with Gasteiger partial charge in [-0.3, -0.25) is 14.4 Å². The van der Waals surface area contributed by atoms with Gasteiger partial charge in [-0.15, -0.1) is 0 Å². The topological polar surface area (TPSA) is 116 Å². The number of Topliss-reactive ketones (excluding diaryl/α,β-unsaturated/α-hetero) is 1. The second-order valence-electron chi connectivity index (χ2n) is 11.2. The molecule has 0 atom stereocenters. The highest BCUT2D eigenvalue weighted by Crippen LogP contribution is 2.34. The first kappa shape index (κ1) is 41.1. The van der Waals surface area contributed by atoms with Crippen LogP contribution in [-0.4, -0.2) is 27.8 Å². The van der Waals surface area contributed by atoms with Crippen LogP contribution < -0.4 is 10.6 Å². The molecule has 7 nitrogen and oxygen atoms in total. The monoisotopic (exact) mass is 844 g/mol. The second-order valence-corrected chi connectivity index (χ2v) is 12.9. The third-order valence-corrected chi connectivity index (χ3v) is 8.30. The number of anilines is 2. The van der Waals surface area contributed by atoms with Crippen molar-refractivity contribution in [1.82, 2.24) is 0 Å². The van der Waals surface area contributed by atoms with Gasteiger partial charge in [-0.05, 0) is 89.1 Å². The standard InChI is InChI=1S/C22H24F3NO3.C14H8Br2F3NO2/c1-2-3-4-5-6-10-19(27)15-11-12-20(28)18(13-15)21(29)26-17-9-7-8-16(14-17)22(23,24)25;15-8-5-10(12(21)11(16)6-8)13(22)20-9-3-1-2-7(4-9)14(17,18)19/h7-9,11-14,28H,2-6,10H2,1H3,(H,26,29);1-6,21H,(H,20,22). The summed E-state index contributed by atoms with van der Waals surface area (Å²) in [6.45, 7) is 2.10. The number of benzene rings is 4. The molecule has 0 aliphatic carbocycles. The summed E-state index contributed by atoms with van der Waals surface area (Å²) in [7, 11) is 0. The maximum absolute atomic E-state index is 12.8. The maximum atomic E-state index is 12.8. The molecule has 0 aliphatic heterocycles. The largest absolute Gasteiger partial charge is 0.507 e. The van der Waals surface area contributed by atoms with Crippen LogP contribution in [0, 0.1) is 0 Å². The minimum Gasteiger partial charge on any atom is -0.507 e. The zero-order valence-electron chi connectivity index (χ0n) is 26.9. The predicted molar refractivity (Wildman–Crippen MR) is 188 cm³/mol. The Balaban J connectivity index is 0.000000286. The highest BCUT2D eigenvalue weighted by Gasteiger charge is 2.31. The first-order chi connectivity index (χ1) is 23.9. The predicted octanol–water partition coefficient (Wildman–Crippen LogP) is 11.4. The molecular weight excluding hydrogens is 814 g/mol. The van der Waals surface area contributed by atoms with Gasteiger partial charge in [0.15, 0.2) is 5.78 Å². The average molecular weight is 846 g/mol. The number of unbranched alkanes of at least 4 members (excludes halogenated alkanes) is 4. The molecular formula is C36H32Br2F6N2O5. The third kappa shape index (κ3) is 12.4. The van der Waals surface area contributed by atoms with E-state index in [0.29, 0.717) is 10.9 Å². The zero-order chi connectivity index (χ0) is 37.9. The fraction of sp³-hybridized carbons (Fsp3) is 0.250. The molecule has 0 heterocycles. The molecule has 0 radical (unpaired) electrons. The SMILES string of the molecule is CCCCCCCC(=O)c1ccc(O)c(C(=O)Nc2cccc(C(F)(F)F)c2)c1.O=C(Nc1cccc(C(F)(F)F)c1)c1cc(Br)cc(Br)c1O. The van der Waals surface area contributed by atoms with E-state index in [4.69, 9.17) is 0 Å². The van der Waals surface area contributed by atoms with Crippen molar-refractivity contribution in [2.45, 2.75) is 57.8 Å². The first-order valence-corrected chi connectivity index (χ1v) is 17.0. The minimum absolute atomic E-state index is 0.0182. The fourth-order valence-electron chi connectivity index (χ4n) is 4.61. The van der Waals surface area contributed by atoms with Gasteiger partial charge in [-0.1, -0.05) is 60.7 Å². The Morgan fingerprint density at radius 2 is 1.20 bits per heavy atom. The quantitative estimate of drug-likeness (QED) is 0.0682. The Morgan fingerprint density at radius 3 is 1.73 bits per heavy atom. The van der Waals surface area contributed by atoms with Gasteiger partial charge in [-0.2, -0.15) is 26.3 Å². The van der Waals surface area contributed by atoms with Crippen LogP contribution in [0.3, 0.4) is 0 Å². The number of phenolic OH excluding ortho intramolecular Hbond substituents is 2. The summed E-state index contributed by atoms with van der Waals surface area (Å²) in [6.07, 6.45) is -3.73. The number of carbonyl (C=O) groups is 3. The lowest BCUT2D eigenvalue weighted by Crippen LogP contribution is -2.14. The zero-order valence-corrected chi connectivity index (χ0v) is 30.1. The van der Waals surface area contributed by atoms with Crippen molar-refractivity contribution in [3.63, 3.8) is 0 Å². The van der Waals surface area contributed by atoms with E-state index < -0.39 is 35.3 Å². The maximum Gasteiger partial charge on any atom is 0.416 e. The van der Waals surface area contributed by atoms with E-state index in [2.05, 4.69) is 49.4 Å². The van der Waals surface area contributed by atoms with E-state index in [1.807, 2.05) is 0 Å². The van der Waals surface area contributed by atoms with E-state index >= 15 is 0 Å². The Bertz CT molecular complexity index is 1870. The molecule has 2 amide bonds. The summed E-state index contributed by atoms with van der Waals surface area (Å²) in [6, 6.07) is 15.3. The molecule has 0 fully saturated rings. The number of rotatable bonds is 11. The molecule has 4 aromatic carbocycles. The second kappa shape index (κ2) is 18.2. The molecule has 0 spiro atoms. The van der Waals surface area contributed by atoms with Crippen LogP contribution in [-0.2, 0) is 12.4 Å². The van der Waals surface area contributed by atoms with E-state index in [1.54, 1.807) is 0 Å². The van der Waals surface area contributed by atoms with Gasteiger partial charge in [0, 0.05) is 27.8 Å². The number of amides is 2. The third-order valence-electron chi connectivity index (χ3n) is 7.24. The fourth-order valence-corrected chi connectivity index (χ4v) is 5.83. The van der Waals surface area contributed by atoms with Crippen LogP contribution in [0.25, 0.3) is 0 Å². The number of carbonyl (C=O) groups excluding carboxylic acids is 3. The summed E-state index contributed by atoms with van der Waals surface area (Å²) >= 11 is 6.25. The van der Waals surface area contributed by atoms with E-state index in [9.17, 15) is 50.9 Å². The summed E-state index contributed by atoms with van der Waals surface area (Å²) in [5.41, 5.74) is -1.80. The number of nitrogens with one attached hydrogen (secondary N) is 2. The summed E-state index contributed by atoms with van der Waals surface area (Å²) in [5, 5.41) is 24.5. The Labute approximate surface area is 306 Å². The highest BCUT2D eigenvalue weighted by atomic mass is 79.9. The van der Waals surface area contributed by atoms with Crippen LogP contribution in [0.15, 0.2) is 87.8 Å². The average Bonchev–Trinajstić information content (AvgIpc) is 3.06. The molecule has 0 bridgehead atoms. The van der Waals surface area contributed by atoms with E-state index in [-0.39, 0.29) is 49.8 Å². The van der Waals surface area contributed by atoms with Crippen molar-refractivity contribution in [2.24, 2.45) is 0 Å².